The van der Waals surface area contributed by atoms with Gasteiger partial charge in [0, 0.05) is 11.3 Å². The third-order valence-corrected chi connectivity index (χ3v) is 2.38. The molecule has 18 heavy (non-hydrogen) atoms. The molecule has 1 atom stereocenters. The van der Waals surface area contributed by atoms with Gasteiger partial charge in [-0.05, 0) is 17.5 Å². The van der Waals surface area contributed by atoms with E-state index < -0.39 is 0 Å². The summed E-state index contributed by atoms with van der Waals surface area (Å²) < 4.78 is 4.54. The zero-order valence-electron chi connectivity index (χ0n) is 10.2. The zero-order chi connectivity index (χ0) is 13.2. The Morgan fingerprint density at radius 1 is 1.50 bits per heavy atom. The Hall–Kier alpha value is -2.26. The van der Waals surface area contributed by atoms with Crippen LogP contribution in [0, 0.1) is 0 Å². The van der Waals surface area contributed by atoms with Crippen LogP contribution in [0.1, 0.15) is 18.4 Å². The van der Waals surface area contributed by atoms with Crippen LogP contribution < -0.4 is 0 Å². The van der Waals surface area contributed by atoms with Crippen molar-refractivity contribution >= 4 is 12.0 Å². The second-order valence-electron chi connectivity index (χ2n) is 3.66. The molecule has 0 fully saturated rings. The van der Waals surface area contributed by atoms with Crippen molar-refractivity contribution in [1.29, 1.82) is 0 Å². The van der Waals surface area contributed by atoms with Gasteiger partial charge in [0.25, 0.3) is 0 Å². The van der Waals surface area contributed by atoms with Gasteiger partial charge in [-0.2, -0.15) is 0 Å². The van der Waals surface area contributed by atoms with Crippen LogP contribution in [0.2, 0.25) is 0 Å². The van der Waals surface area contributed by atoms with E-state index in [4.69, 9.17) is 5.53 Å². The maximum absolute atomic E-state index is 11.0. The molecule has 0 amide bonds. The molecule has 5 nitrogen and oxygen atoms in total. The molecular weight excluding hydrogens is 230 g/mol. The van der Waals surface area contributed by atoms with Crippen LogP contribution in [0.15, 0.2) is 41.5 Å². The third-order valence-electron chi connectivity index (χ3n) is 2.38. The SMILES string of the molecule is COC(=O)CCC(/C=C/c1ccccc1)N=[N+]=[N-]. The van der Waals surface area contributed by atoms with Crippen molar-refractivity contribution in [1.82, 2.24) is 0 Å². The molecule has 0 radical (unpaired) electrons. The number of hydrogen-bond acceptors (Lipinski definition) is 3. The summed E-state index contributed by atoms with van der Waals surface area (Å²) in [4.78, 5) is 13.8. The van der Waals surface area contributed by atoms with Gasteiger partial charge >= 0.3 is 5.97 Å². The van der Waals surface area contributed by atoms with Crippen molar-refractivity contribution in [3.63, 3.8) is 0 Å². The topological polar surface area (TPSA) is 75.1 Å². The highest BCUT2D eigenvalue weighted by Gasteiger charge is 2.06. The molecule has 1 rings (SSSR count). The number of nitrogens with zero attached hydrogens (tertiary/aromatic N) is 3. The molecule has 0 aliphatic heterocycles. The zero-order valence-corrected chi connectivity index (χ0v) is 10.2. The van der Waals surface area contributed by atoms with Gasteiger partial charge in [-0.25, -0.2) is 0 Å². The van der Waals surface area contributed by atoms with E-state index in [0.29, 0.717) is 6.42 Å². The number of carbonyl (C=O) groups excluding carboxylic acids is 1. The summed E-state index contributed by atoms with van der Waals surface area (Å²) >= 11 is 0. The summed E-state index contributed by atoms with van der Waals surface area (Å²) in [5, 5.41) is 3.63. The molecule has 1 unspecified atom stereocenters. The molecule has 0 saturated heterocycles. The third kappa shape index (κ3) is 5.18. The number of ether oxygens (including phenoxy) is 1. The minimum Gasteiger partial charge on any atom is -0.469 e. The van der Waals surface area contributed by atoms with Crippen molar-refractivity contribution in [2.75, 3.05) is 7.11 Å². The Labute approximate surface area is 106 Å². The number of azide groups is 1. The molecule has 0 bridgehead atoms. The lowest BCUT2D eigenvalue weighted by Crippen LogP contribution is -2.06. The Balaban J connectivity index is 2.60. The van der Waals surface area contributed by atoms with E-state index in [1.165, 1.54) is 7.11 Å². The average molecular weight is 245 g/mol. The second kappa shape index (κ2) is 7.92. The maximum atomic E-state index is 11.0. The smallest absolute Gasteiger partial charge is 0.305 e. The van der Waals surface area contributed by atoms with Crippen LogP contribution >= 0.6 is 0 Å². The van der Waals surface area contributed by atoms with Crippen molar-refractivity contribution in [2.45, 2.75) is 18.9 Å². The number of methoxy groups -OCH3 is 1. The first-order chi connectivity index (χ1) is 8.76. The van der Waals surface area contributed by atoms with Gasteiger partial charge in [-0.3, -0.25) is 4.79 Å². The first-order valence-electron chi connectivity index (χ1n) is 5.60. The molecule has 0 aliphatic carbocycles. The summed E-state index contributed by atoms with van der Waals surface area (Å²) in [6, 6.07) is 9.34. The molecule has 94 valence electrons. The Morgan fingerprint density at radius 3 is 2.83 bits per heavy atom. The van der Waals surface area contributed by atoms with Gasteiger partial charge in [0.15, 0.2) is 0 Å². The highest BCUT2D eigenvalue weighted by Crippen LogP contribution is 2.09. The molecule has 1 aromatic rings. The van der Waals surface area contributed by atoms with Crippen LogP contribution in [-0.2, 0) is 9.53 Å². The number of rotatable bonds is 6. The second-order valence-corrected chi connectivity index (χ2v) is 3.66. The molecule has 0 heterocycles. The Morgan fingerprint density at radius 2 is 2.22 bits per heavy atom. The van der Waals surface area contributed by atoms with E-state index in [-0.39, 0.29) is 18.4 Å². The monoisotopic (exact) mass is 245 g/mol. The average Bonchev–Trinajstić information content (AvgIpc) is 2.42. The largest absolute Gasteiger partial charge is 0.469 e. The summed E-state index contributed by atoms with van der Waals surface area (Å²) in [5.74, 6) is -0.304. The molecule has 0 aromatic heterocycles. The minimum atomic E-state index is -0.339. The standard InChI is InChI=1S/C13H15N3O2/c1-18-13(17)10-9-12(15-16-14)8-7-11-5-3-2-4-6-11/h2-8,12H,9-10H2,1H3/b8-7+. The van der Waals surface area contributed by atoms with Gasteiger partial charge in [-0.1, -0.05) is 47.6 Å². The summed E-state index contributed by atoms with van der Waals surface area (Å²) in [7, 11) is 1.34. The predicted molar refractivity (Wildman–Crippen MR) is 69.7 cm³/mol. The molecule has 1 aromatic carbocycles. The van der Waals surface area contributed by atoms with Crippen LogP contribution in [-0.4, -0.2) is 19.1 Å². The van der Waals surface area contributed by atoms with Crippen LogP contribution in [0.4, 0.5) is 0 Å². The van der Waals surface area contributed by atoms with E-state index in [9.17, 15) is 4.79 Å². The van der Waals surface area contributed by atoms with Gasteiger partial charge in [0.05, 0.1) is 13.2 Å². The fourth-order valence-corrected chi connectivity index (χ4v) is 1.41. The van der Waals surface area contributed by atoms with Gasteiger partial charge < -0.3 is 4.74 Å². The summed E-state index contributed by atoms with van der Waals surface area (Å²) in [6.07, 6.45) is 4.34. The highest BCUT2D eigenvalue weighted by molar-refractivity contribution is 5.69. The molecular formula is C13H15N3O2. The predicted octanol–water partition coefficient (Wildman–Crippen LogP) is 3.33. The van der Waals surface area contributed by atoms with Gasteiger partial charge in [0.1, 0.15) is 0 Å². The molecule has 0 N–H and O–H groups in total. The van der Waals surface area contributed by atoms with E-state index in [2.05, 4.69) is 14.8 Å². The van der Waals surface area contributed by atoms with E-state index in [1.807, 2.05) is 36.4 Å². The lowest BCUT2D eigenvalue weighted by Gasteiger charge is -2.04. The van der Waals surface area contributed by atoms with Crippen LogP contribution in [0.5, 0.6) is 0 Å². The van der Waals surface area contributed by atoms with Crippen LogP contribution in [0.3, 0.4) is 0 Å². The van der Waals surface area contributed by atoms with Gasteiger partial charge in [-0.15, -0.1) is 0 Å². The molecule has 5 heteroatoms. The molecule has 0 aliphatic rings. The number of hydrogen-bond donors (Lipinski definition) is 0. The van der Waals surface area contributed by atoms with E-state index in [0.717, 1.165) is 5.56 Å². The number of carbonyl (C=O) groups is 1. The fraction of sp³-hybridized carbons (Fsp3) is 0.308. The lowest BCUT2D eigenvalue weighted by atomic mass is 10.1. The molecule has 0 saturated carbocycles. The first kappa shape index (κ1) is 13.8. The Kier molecular flexibility index (Phi) is 6.08. The maximum Gasteiger partial charge on any atom is 0.305 e. The van der Waals surface area contributed by atoms with Crippen LogP contribution in [0.25, 0.3) is 16.5 Å². The first-order valence-corrected chi connectivity index (χ1v) is 5.60. The minimum absolute atomic E-state index is 0.235. The summed E-state index contributed by atoms with van der Waals surface area (Å²) in [6.45, 7) is 0. The van der Waals surface area contributed by atoms with Crippen molar-refractivity contribution in [3.05, 3.63) is 52.4 Å². The van der Waals surface area contributed by atoms with E-state index in [1.54, 1.807) is 6.08 Å². The van der Waals surface area contributed by atoms with E-state index >= 15 is 0 Å². The fourth-order valence-electron chi connectivity index (χ4n) is 1.41. The van der Waals surface area contributed by atoms with Crippen molar-refractivity contribution in [2.24, 2.45) is 5.11 Å². The number of benzene rings is 1. The van der Waals surface area contributed by atoms with Crippen molar-refractivity contribution in [3.8, 4) is 0 Å². The number of esters is 1. The van der Waals surface area contributed by atoms with Crippen molar-refractivity contribution < 1.29 is 9.53 Å². The molecule has 0 spiro atoms. The Bertz CT molecular complexity index is 451. The normalized spacial score (nSPS) is 11.8. The summed E-state index contributed by atoms with van der Waals surface area (Å²) in [5.41, 5.74) is 9.49. The highest BCUT2D eigenvalue weighted by atomic mass is 16.5. The van der Waals surface area contributed by atoms with Gasteiger partial charge in [0.2, 0.25) is 0 Å². The quantitative estimate of drug-likeness (QED) is 0.333. The lowest BCUT2D eigenvalue weighted by molar-refractivity contribution is -0.140.